The fourth-order valence-electron chi connectivity index (χ4n) is 1.19. The van der Waals surface area contributed by atoms with Crippen LogP contribution >= 0.6 is 7.04 Å². The van der Waals surface area contributed by atoms with E-state index in [2.05, 4.69) is 29.6 Å². The van der Waals surface area contributed by atoms with Gasteiger partial charge in [0.1, 0.15) is 0 Å². The highest BCUT2D eigenvalue weighted by Gasteiger charge is 2.14. The summed E-state index contributed by atoms with van der Waals surface area (Å²) in [4.78, 5) is 0. The molecule has 0 aromatic rings. The SMILES string of the molecule is C=P(C)(C)N1CCNCC1. The second-order valence-electron chi connectivity index (χ2n) is 3.32. The Morgan fingerprint density at radius 1 is 1.30 bits per heavy atom. The van der Waals surface area contributed by atoms with Crippen molar-refractivity contribution < 1.29 is 0 Å². The standard InChI is InChI=1S/C7H17N2P/c1-10(2,3)9-6-4-8-5-7-9/h8H,1,4-7H2,2-3H3. The normalized spacial score (nSPS) is 23.0. The van der Waals surface area contributed by atoms with E-state index in [0.29, 0.717) is 0 Å². The molecule has 1 heterocycles. The summed E-state index contributed by atoms with van der Waals surface area (Å²) in [5.74, 6) is 0. The van der Waals surface area contributed by atoms with Gasteiger partial charge in [0.25, 0.3) is 0 Å². The number of rotatable bonds is 1. The lowest BCUT2D eigenvalue weighted by Gasteiger charge is -2.34. The third-order valence-electron chi connectivity index (χ3n) is 1.86. The van der Waals surface area contributed by atoms with Gasteiger partial charge in [-0.3, -0.25) is 4.67 Å². The quantitative estimate of drug-likeness (QED) is 0.562. The zero-order valence-corrected chi connectivity index (χ0v) is 7.82. The van der Waals surface area contributed by atoms with Crippen molar-refractivity contribution in [3.05, 3.63) is 0 Å². The molecule has 3 heteroatoms. The van der Waals surface area contributed by atoms with Crippen LogP contribution in [-0.4, -0.2) is 50.5 Å². The molecule has 0 radical (unpaired) electrons. The maximum Gasteiger partial charge on any atom is 0.0146 e. The van der Waals surface area contributed by atoms with Crippen molar-refractivity contribution in [3.63, 3.8) is 0 Å². The molecule has 0 saturated carbocycles. The van der Waals surface area contributed by atoms with Gasteiger partial charge in [0, 0.05) is 26.2 Å². The average Bonchev–Trinajstić information content (AvgIpc) is 1.88. The summed E-state index contributed by atoms with van der Waals surface area (Å²) in [7, 11) is -0.948. The molecule has 0 aliphatic carbocycles. The first-order chi connectivity index (χ1) is 4.61. The number of hydrogen-bond acceptors (Lipinski definition) is 2. The minimum absolute atomic E-state index is 0.948. The van der Waals surface area contributed by atoms with Crippen molar-refractivity contribution in [2.75, 3.05) is 39.5 Å². The lowest BCUT2D eigenvalue weighted by Crippen LogP contribution is -2.41. The van der Waals surface area contributed by atoms with Crippen LogP contribution in [0.5, 0.6) is 0 Å². The lowest BCUT2D eigenvalue weighted by atomic mass is 10.4. The molecule has 0 unspecified atom stereocenters. The van der Waals surface area contributed by atoms with Crippen LogP contribution in [0.1, 0.15) is 0 Å². The molecule has 1 aliphatic heterocycles. The minimum Gasteiger partial charge on any atom is -0.314 e. The predicted octanol–water partition coefficient (Wildman–Crippen LogP) is 0.516. The van der Waals surface area contributed by atoms with Crippen molar-refractivity contribution in [1.29, 1.82) is 0 Å². The van der Waals surface area contributed by atoms with E-state index in [4.69, 9.17) is 0 Å². The highest BCUT2D eigenvalue weighted by atomic mass is 31.2. The Kier molecular flexibility index (Phi) is 2.56. The van der Waals surface area contributed by atoms with E-state index in [0.717, 1.165) is 13.1 Å². The Labute approximate surface area is 63.6 Å². The van der Waals surface area contributed by atoms with E-state index in [1.165, 1.54) is 13.1 Å². The van der Waals surface area contributed by atoms with Crippen LogP contribution in [0.4, 0.5) is 0 Å². The van der Waals surface area contributed by atoms with Crippen LogP contribution < -0.4 is 5.32 Å². The Morgan fingerprint density at radius 3 is 2.10 bits per heavy atom. The molecule has 1 saturated heterocycles. The first-order valence-electron chi connectivity index (χ1n) is 3.75. The molecular weight excluding hydrogens is 143 g/mol. The van der Waals surface area contributed by atoms with Gasteiger partial charge in [-0.2, -0.15) is 0 Å². The van der Waals surface area contributed by atoms with Crippen LogP contribution in [0.3, 0.4) is 0 Å². The summed E-state index contributed by atoms with van der Waals surface area (Å²) in [6, 6.07) is 0. The van der Waals surface area contributed by atoms with Crippen LogP contribution in [0, 0.1) is 0 Å². The van der Waals surface area contributed by atoms with Crippen LogP contribution in [0.15, 0.2) is 0 Å². The molecule has 1 fully saturated rings. The Hall–Kier alpha value is 0.220. The predicted molar refractivity (Wildman–Crippen MR) is 50.3 cm³/mol. The maximum atomic E-state index is 4.20. The topological polar surface area (TPSA) is 15.3 Å². The Balaban J connectivity index is 2.47. The van der Waals surface area contributed by atoms with Gasteiger partial charge in [0.2, 0.25) is 0 Å². The molecular formula is C7H17N2P. The van der Waals surface area contributed by atoms with E-state index in [9.17, 15) is 0 Å². The molecule has 0 atom stereocenters. The molecule has 1 rings (SSSR count). The summed E-state index contributed by atoms with van der Waals surface area (Å²) < 4.78 is 2.52. The summed E-state index contributed by atoms with van der Waals surface area (Å²) in [6.07, 6.45) is 4.20. The molecule has 10 heavy (non-hydrogen) atoms. The van der Waals surface area contributed by atoms with Crippen LogP contribution in [0.2, 0.25) is 0 Å². The summed E-state index contributed by atoms with van der Waals surface area (Å²) >= 11 is 0. The van der Waals surface area contributed by atoms with Gasteiger partial charge in [-0.15, -0.1) is 0 Å². The number of nitrogens with one attached hydrogen (secondary N) is 1. The fourth-order valence-corrected chi connectivity index (χ4v) is 2.48. The van der Waals surface area contributed by atoms with Crippen molar-refractivity contribution in [1.82, 2.24) is 9.99 Å². The Morgan fingerprint density at radius 2 is 1.80 bits per heavy atom. The lowest BCUT2D eigenvalue weighted by molar-refractivity contribution is 0.386. The molecule has 2 nitrogen and oxygen atoms in total. The summed E-state index contributed by atoms with van der Waals surface area (Å²) in [6.45, 7) is 9.20. The Bertz CT molecular complexity index is 144. The van der Waals surface area contributed by atoms with Crippen molar-refractivity contribution >= 4 is 13.3 Å². The maximum absolute atomic E-state index is 4.20. The minimum atomic E-state index is -0.948. The third kappa shape index (κ3) is 2.12. The zero-order valence-electron chi connectivity index (χ0n) is 6.93. The highest BCUT2D eigenvalue weighted by Crippen LogP contribution is 2.39. The van der Waals surface area contributed by atoms with Crippen LogP contribution in [-0.2, 0) is 0 Å². The molecule has 60 valence electrons. The molecule has 0 amide bonds. The first kappa shape index (κ1) is 8.32. The molecule has 0 bridgehead atoms. The van der Waals surface area contributed by atoms with Gasteiger partial charge in [-0.1, -0.05) is 13.3 Å². The van der Waals surface area contributed by atoms with E-state index in [-0.39, 0.29) is 0 Å². The van der Waals surface area contributed by atoms with Gasteiger partial charge in [-0.05, 0) is 13.3 Å². The van der Waals surface area contributed by atoms with E-state index in [1.807, 2.05) is 0 Å². The van der Waals surface area contributed by atoms with E-state index in [1.54, 1.807) is 0 Å². The van der Waals surface area contributed by atoms with Gasteiger partial charge in [0.05, 0.1) is 0 Å². The van der Waals surface area contributed by atoms with E-state index >= 15 is 0 Å². The molecule has 1 N–H and O–H groups in total. The number of nitrogens with zero attached hydrogens (tertiary/aromatic N) is 1. The van der Waals surface area contributed by atoms with Crippen molar-refractivity contribution in [2.45, 2.75) is 0 Å². The van der Waals surface area contributed by atoms with Gasteiger partial charge >= 0.3 is 0 Å². The van der Waals surface area contributed by atoms with Crippen molar-refractivity contribution in [2.24, 2.45) is 0 Å². The highest BCUT2D eigenvalue weighted by molar-refractivity contribution is 7.70. The first-order valence-corrected chi connectivity index (χ1v) is 6.57. The molecule has 0 aromatic carbocycles. The monoisotopic (exact) mass is 160 g/mol. The smallest absolute Gasteiger partial charge is 0.0146 e. The van der Waals surface area contributed by atoms with Gasteiger partial charge < -0.3 is 5.32 Å². The molecule has 1 aliphatic rings. The number of piperazine rings is 1. The largest absolute Gasteiger partial charge is 0.314 e. The summed E-state index contributed by atoms with van der Waals surface area (Å²) in [5.41, 5.74) is 0. The van der Waals surface area contributed by atoms with Crippen molar-refractivity contribution in [3.8, 4) is 0 Å². The average molecular weight is 160 g/mol. The molecule has 0 spiro atoms. The van der Waals surface area contributed by atoms with Gasteiger partial charge in [-0.25, -0.2) is 0 Å². The fraction of sp³-hybridized carbons (Fsp3) is 0.857. The zero-order chi connectivity index (χ0) is 7.61. The number of hydrogen-bond donors (Lipinski definition) is 1. The van der Waals surface area contributed by atoms with Crippen LogP contribution in [0.25, 0.3) is 0 Å². The van der Waals surface area contributed by atoms with Gasteiger partial charge in [0.15, 0.2) is 0 Å². The second kappa shape index (κ2) is 3.08. The van der Waals surface area contributed by atoms with E-state index < -0.39 is 7.04 Å². The third-order valence-corrected chi connectivity index (χ3v) is 3.79. The second-order valence-corrected chi connectivity index (χ2v) is 7.13. The molecule has 0 aromatic heterocycles. The summed E-state index contributed by atoms with van der Waals surface area (Å²) in [5, 5.41) is 3.34.